The Balaban J connectivity index is 2.27. The summed E-state index contributed by atoms with van der Waals surface area (Å²) in [4.78, 5) is 3.37. The summed E-state index contributed by atoms with van der Waals surface area (Å²) < 4.78 is 5.26. The van der Waals surface area contributed by atoms with Gasteiger partial charge in [0.1, 0.15) is 5.52 Å². The van der Waals surface area contributed by atoms with Gasteiger partial charge in [0.25, 0.3) is 0 Å². The minimum atomic E-state index is 0.146. The second kappa shape index (κ2) is 4.47. The highest BCUT2D eigenvalue weighted by Crippen LogP contribution is 2.37. The largest absolute Gasteiger partial charge is 0.328 e. The summed E-state index contributed by atoms with van der Waals surface area (Å²) in [5.41, 5.74) is 3.47. The number of nitrogens with zero attached hydrogens (tertiary/aromatic N) is 3. The van der Waals surface area contributed by atoms with Crippen LogP contribution >= 0.6 is 12.2 Å². The lowest BCUT2D eigenvalue weighted by molar-refractivity contribution is 0.220. The molecule has 104 valence electrons. The summed E-state index contributed by atoms with van der Waals surface area (Å²) >= 11 is 5.59. The molecule has 0 spiro atoms. The molecular formula is C14H22N4S. The normalized spacial score (nSPS) is 19.1. The van der Waals surface area contributed by atoms with E-state index < -0.39 is 0 Å². The fraction of sp³-hybridized carbons (Fsp3) is 0.714. The van der Waals surface area contributed by atoms with Gasteiger partial charge in [0, 0.05) is 12.1 Å². The molecule has 5 heteroatoms. The van der Waals surface area contributed by atoms with Crippen molar-refractivity contribution in [2.75, 3.05) is 0 Å². The molecule has 2 aromatic rings. The highest BCUT2D eigenvalue weighted by Gasteiger charge is 2.32. The lowest BCUT2D eigenvalue weighted by atomic mass is 9.83. The first-order chi connectivity index (χ1) is 9.07. The van der Waals surface area contributed by atoms with E-state index >= 15 is 0 Å². The summed E-state index contributed by atoms with van der Waals surface area (Å²) in [6, 6.07) is 0. The number of aryl methyl sites for hydroxylation is 2. The van der Waals surface area contributed by atoms with E-state index in [1.165, 1.54) is 37.8 Å². The van der Waals surface area contributed by atoms with Gasteiger partial charge in [-0.1, -0.05) is 19.3 Å². The van der Waals surface area contributed by atoms with Gasteiger partial charge in [-0.05, 0) is 45.8 Å². The van der Waals surface area contributed by atoms with Crippen molar-refractivity contribution < 1.29 is 0 Å². The van der Waals surface area contributed by atoms with E-state index in [0.717, 1.165) is 22.5 Å². The SMILES string of the molecule is CCn1nc(C)c2[nH]c(=S)n(C3(C)CCCCC3)c21. The Morgan fingerprint density at radius 2 is 2.00 bits per heavy atom. The number of hydrogen-bond donors (Lipinski definition) is 1. The van der Waals surface area contributed by atoms with E-state index in [9.17, 15) is 0 Å². The number of aromatic nitrogens is 4. The molecule has 4 nitrogen and oxygen atoms in total. The maximum absolute atomic E-state index is 5.59. The summed E-state index contributed by atoms with van der Waals surface area (Å²) in [7, 11) is 0. The Morgan fingerprint density at radius 1 is 1.32 bits per heavy atom. The zero-order valence-electron chi connectivity index (χ0n) is 12.0. The molecule has 1 aliphatic carbocycles. The van der Waals surface area contributed by atoms with Crippen molar-refractivity contribution in [1.82, 2.24) is 19.3 Å². The average molecular weight is 278 g/mol. The number of fused-ring (bicyclic) bond motifs is 1. The van der Waals surface area contributed by atoms with E-state index in [1.54, 1.807) is 0 Å². The van der Waals surface area contributed by atoms with Crippen LogP contribution in [-0.4, -0.2) is 19.3 Å². The molecule has 0 amide bonds. The van der Waals surface area contributed by atoms with E-state index in [-0.39, 0.29) is 5.54 Å². The molecule has 1 saturated carbocycles. The highest BCUT2D eigenvalue weighted by atomic mass is 32.1. The van der Waals surface area contributed by atoms with Gasteiger partial charge in [0.05, 0.1) is 5.69 Å². The molecule has 0 saturated heterocycles. The van der Waals surface area contributed by atoms with Crippen LogP contribution in [0.2, 0.25) is 0 Å². The third-order valence-electron chi connectivity index (χ3n) is 4.52. The lowest BCUT2D eigenvalue weighted by Crippen LogP contribution is -2.33. The molecule has 0 radical (unpaired) electrons. The molecule has 3 rings (SSSR count). The molecular weight excluding hydrogens is 256 g/mol. The van der Waals surface area contributed by atoms with Crippen LogP contribution in [0.25, 0.3) is 11.2 Å². The van der Waals surface area contributed by atoms with Gasteiger partial charge in [-0.3, -0.25) is 4.57 Å². The first-order valence-electron chi connectivity index (χ1n) is 7.25. The lowest BCUT2D eigenvalue weighted by Gasteiger charge is -2.35. The van der Waals surface area contributed by atoms with Crippen molar-refractivity contribution in [3.8, 4) is 0 Å². The quantitative estimate of drug-likeness (QED) is 0.846. The third-order valence-corrected chi connectivity index (χ3v) is 4.80. The van der Waals surface area contributed by atoms with Gasteiger partial charge in [0.15, 0.2) is 10.4 Å². The predicted octanol–water partition coefficient (Wildman–Crippen LogP) is 3.90. The second-order valence-corrected chi connectivity index (χ2v) is 6.31. The summed E-state index contributed by atoms with van der Waals surface area (Å²) in [6.07, 6.45) is 6.36. The van der Waals surface area contributed by atoms with Gasteiger partial charge in [-0.15, -0.1) is 0 Å². The molecule has 2 aromatic heterocycles. The maximum atomic E-state index is 5.59. The van der Waals surface area contributed by atoms with Crippen LogP contribution < -0.4 is 0 Å². The van der Waals surface area contributed by atoms with Crippen LogP contribution in [0.4, 0.5) is 0 Å². The van der Waals surface area contributed by atoms with Crippen molar-refractivity contribution in [3.05, 3.63) is 10.5 Å². The Kier molecular flexibility index (Phi) is 3.04. The standard InChI is InChI=1S/C14H22N4S/c1-4-17-12-11(10(2)16-17)15-13(19)18(12)14(3)8-6-5-7-9-14/h4-9H2,1-3H3,(H,15,19). The van der Waals surface area contributed by atoms with Crippen molar-refractivity contribution in [2.24, 2.45) is 0 Å². The van der Waals surface area contributed by atoms with Crippen LogP contribution in [-0.2, 0) is 12.1 Å². The van der Waals surface area contributed by atoms with E-state index in [0.29, 0.717) is 0 Å². The molecule has 1 fully saturated rings. The predicted molar refractivity (Wildman–Crippen MR) is 80.1 cm³/mol. The number of hydrogen-bond acceptors (Lipinski definition) is 2. The van der Waals surface area contributed by atoms with Crippen molar-refractivity contribution in [1.29, 1.82) is 0 Å². The van der Waals surface area contributed by atoms with Gasteiger partial charge in [0.2, 0.25) is 0 Å². The molecule has 19 heavy (non-hydrogen) atoms. The number of nitrogens with one attached hydrogen (secondary N) is 1. The topological polar surface area (TPSA) is 38.5 Å². The highest BCUT2D eigenvalue weighted by molar-refractivity contribution is 7.71. The van der Waals surface area contributed by atoms with E-state index in [4.69, 9.17) is 12.2 Å². The monoisotopic (exact) mass is 278 g/mol. The Labute approximate surface area is 118 Å². The van der Waals surface area contributed by atoms with Crippen molar-refractivity contribution in [2.45, 2.75) is 65.0 Å². The Bertz CT molecular complexity index is 655. The van der Waals surface area contributed by atoms with Crippen molar-refractivity contribution in [3.63, 3.8) is 0 Å². The smallest absolute Gasteiger partial charge is 0.179 e. The van der Waals surface area contributed by atoms with Crippen LogP contribution in [0, 0.1) is 11.7 Å². The Hall–Kier alpha value is -1.10. The Morgan fingerprint density at radius 3 is 2.63 bits per heavy atom. The molecule has 0 bridgehead atoms. The fourth-order valence-corrected chi connectivity index (χ4v) is 3.87. The maximum Gasteiger partial charge on any atom is 0.179 e. The van der Waals surface area contributed by atoms with Crippen LogP contribution in [0.1, 0.15) is 51.6 Å². The first-order valence-corrected chi connectivity index (χ1v) is 7.66. The molecule has 0 aromatic carbocycles. The van der Waals surface area contributed by atoms with Crippen LogP contribution in [0.5, 0.6) is 0 Å². The number of aromatic amines is 1. The third kappa shape index (κ3) is 1.86. The van der Waals surface area contributed by atoms with Crippen LogP contribution in [0.15, 0.2) is 0 Å². The zero-order chi connectivity index (χ0) is 13.6. The van der Waals surface area contributed by atoms with E-state index in [2.05, 4.69) is 33.2 Å². The minimum Gasteiger partial charge on any atom is -0.328 e. The van der Waals surface area contributed by atoms with Gasteiger partial charge < -0.3 is 4.98 Å². The molecule has 0 atom stereocenters. The number of rotatable bonds is 2. The first kappa shape index (κ1) is 12.9. The van der Waals surface area contributed by atoms with Crippen LogP contribution in [0.3, 0.4) is 0 Å². The average Bonchev–Trinajstić information content (AvgIpc) is 2.87. The summed E-state index contributed by atoms with van der Waals surface area (Å²) in [5, 5.41) is 4.61. The summed E-state index contributed by atoms with van der Waals surface area (Å²) in [6.45, 7) is 7.41. The van der Waals surface area contributed by atoms with Gasteiger partial charge in [-0.2, -0.15) is 5.10 Å². The number of H-pyrrole nitrogens is 1. The molecule has 0 unspecified atom stereocenters. The fourth-order valence-electron chi connectivity index (χ4n) is 3.46. The van der Waals surface area contributed by atoms with Gasteiger partial charge >= 0.3 is 0 Å². The molecule has 0 aliphatic heterocycles. The minimum absolute atomic E-state index is 0.146. The molecule has 1 N–H and O–H groups in total. The molecule has 2 heterocycles. The number of imidazole rings is 1. The summed E-state index contributed by atoms with van der Waals surface area (Å²) in [5.74, 6) is 0. The molecule has 1 aliphatic rings. The zero-order valence-corrected chi connectivity index (χ0v) is 12.8. The van der Waals surface area contributed by atoms with Gasteiger partial charge in [-0.25, -0.2) is 4.68 Å². The van der Waals surface area contributed by atoms with Crippen molar-refractivity contribution >= 4 is 23.4 Å². The second-order valence-electron chi connectivity index (χ2n) is 5.92. The van der Waals surface area contributed by atoms with E-state index in [1.807, 2.05) is 6.92 Å².